The number of nitrogens with zero attached hydrogens (tertiary/aromatic N) is 3. The van der Waals surface area contributed by atoms with Gasteiger partial charge in [0, 0.05) is 6.20 Å². The van der Waals surface area contributed by atoms with Gasteiger partial charge in [0.2, 0.25) is 0 Å². The first kappa shape index (κ1) is 16.0. The van der Waals surface area contributed by atoms with Crippen LogP contribution in [0.25, 0.3) is 0 Å². The Morgan fingerprint density at radius 3 is 2.95 bits per heavy atom. The summed E-state index contributed by atoms with van der Waals surface area (Å²) in [6, 6.07) is 8.73. The Morgan fingerprint density at radius 2 is 2.27 bits per heavy atom. The lowest BCUT2D eigenvalue weighted by atomic mass is 10.2. The van der Waals surface area contributed by atoms with Crippen LogP contribution in [0.4, 0.5) is 0 Å². The number of ether oxygens (including phenoxy) is 1. The number of aromatic nitrogens is 1. The van der Waals surface area contributed by atoms with E-state index in [1.807, 2.05) is 13.0 Å². The molecule has 1 aromatic heterocycles. The van der Waals surface area contributed by atoms with Crippen molar-refractivity contribution in [2.24, 2.45) is 15.9 Å². The minimum Gasteiger partial charge on any atom is -0.503 e. The lowest BCUT2D eigenvalue weighted by molar-refractivity contribution is 0.317. The summed E-state index contributed by atoms with van der Waals surface area (Å²) in [6.07, 6.45) is 3.15. The van der Waals surface area contributed by atoms with Crippen LogP contribution < -0.4 is 10.5 Å². The molecule has 6 nitrogen and oxygen atoms in total. The summed E-state index contributed by atoms with van der Waals surface area (Å²) >= 11 is 3.26. The van der Waals surface area contributed by atoms with Gasteiger partial charge in [0.25, 0.3) is 0 Å². The highest BCUT2D eigenvalue weighted by Crippen LogP contribution is 2.35. The molecule has 3 N–H and O–H groups in total. The third-order valence-electron chi connectivity index (χ3n) is 2.65. The van der Waals surface area contributed by atoms with Crippen molar-refractivity contribution < 1.29 is 9.84 Å². The van der Waals surface area contributed by atoms with Crippen LogP contribution >= 0.6 is 15.9 Å². The summed E-state index contributed by atoms with van der Waals surface area (Å²) in [4.78, 5) is 4.08. The van der Waals surface area contributed by atoms with E-state index in [4.69, 9.17) is 10.5 Å². The first-order valence-electron chi connectivity index (χ1n) is 6.55. The molecule has 0 saturated heterocycles. The SMILES string of the molecule is CCOc1cc(C=NN=C(N)c2ccccn2)cc(Br)c1O. The molecule has 0 saturated carbocycles. The number of nitrogens with two attached hydrogens (primary N) is 1. The van der Waals surface area contributed by atoms with Crippen molar-refractivity contribution in [3.8, 4) is 11.5 Å². The highest BCUT2D eigenvalue weighted by molar-refractivity contribution is 9.10. The molecule has 0 atom stereocenters. The van der Waals surface area contributed by atoms with Gasteiger partial charge in [-0.15, -0.1) is 5.10 Å². The van der Waals surface area contributed by atoms with Gasteiger partial charge in [-0.1, -0.05) is 6.07 Å². The zero-order valence-corrected chi connectivity index (χ0v) is 13.5. The molecule has 114 valence electrons. The summed E-state index contributed by atoms with van der Waals surface area (Å²) in [5.41, 5.74) is 7.06. The van der Waals surface area contributed by atoms with Crippen LogP contribution in [0, 0.1) is 0 Å². The molecule has 0 spiro atoms. The van der Waals surface area contributed by atoms with Crippen LogP contribution in [0.5, 0.6) is 11.5 Å². The molecule has 22 heavy (non-hydrogen) atoms. The second-order valence-corrected chi connectivity index (χ2v) is 5.08. The fourth-order valence-electron chi connectivity index (χ4n) is 1.66. The molecule has 0 aliphatic heterocycles. The van der Waals surface area contributed by atoms with Gasteiger partial charge in [-0.3, -0.25) is 4.98 Å². The van der Waals surface area contributed by atoms with Gasteiger partial charge in [-0.05, 0) is 52.7 Å². The zero-order chi connectivity index (χ0) is 15.9. The summed E-state index contributed by atoms with van der Waals surface area (Å²) in [5, 5.41) is 17.7. The predicted octanol–water partition coefficient (Wildman–Crippen LogP) is 2.69. The van der Waals surface area contributed by atoms with Crippen molar-refractivity contribution in [2.75, 3.05) is 6.61 Å². The number of halogens is 1. The van der Waals surface area contributed by atoms with Crippen molar-refractivity contribution >= 4 is 28.0 Å². The molecule has 0 radical (unpaired) electrons. The Balaban J connectivity index is 2.20. The highest BCUT2D eigenvalue weighted by atomic mass is 79.9. The second-order valence-electron chi connectivity index (χ2n) is 4.23. The average Bonchev–Trinajstić information content (AvgIpc) is 2.53. The minimum atomic E-state index is 0.0514. The van der Waals surface area contributed by atoms with Crippen LogP contribution in [0.15, 0.2) is 51.2 Å². The molecule has 2 rings (SSSR count). The maximum Gasteiger partial charge on any atom is 0.172 e. The fourth-order valence-corrected chi connectivity index (χ4v) is 2.12. The molecule has 1 heterocycles. The second kappa shape index (κ2) is 7.56. The first-order chi connectivity index (χ1) is 10.6. The standard InChI is InChI=1S/C15H15BrN4O2/c1-2-22-13-8-10(7-11(16)14(13)21)9-19-20-15(17)12-5-3-4-6-18-12/h3-9,21H,2H2,1H3,(H2,17,20). The van der Waals surface area contributed by atoms with E-state index in [1.54, 1.807) is 30.5 Å². The number of hydrogen-bond donors (Lipinski definition) is 2. The van der Waals surface area contributed by atoms with Crippen molar-refractivity contribution in [2.45, 2.75) is 6.92 Å². The topological polar surface area (TPSA) is 93.1 Å². The molecule has 0 amide bonds. The van der Waals surface area contributed by atoms with Gasteiger partial charge >= 0.3 is 0 Å². The van der Waals surface area contributed by atoms with E-state index in [0.29, 0.717) is 28.1 Å². The number of phenols is 1. The zero-order valence-electron chi connectivity index (χ0n) is 11.9. The highest BCUT2D eigenvalue weighted by Gasteiger charge is 2.08. The van der Waals surface area contributed by atoms with Crippen molar-refractivity contribution in [3.63, 3.8) is 0 Å². The monoisotopic (exact) mass is 362 g/mol. The van der Waals surface area contributed by atoms with Gasteiger partial charge in [0.05, 0.1) is 17.3 Å². The maximum atomic E-state index is 9.84. The smallest absolute Gasteiger partial charge is 0.172 e. The number of hydrogen-bond acceptors (Lipinski definition) is 5. The molecule has 1 aromatic carbocycles. The molecule has 0 unspecified atom stereocenters. The van der Waals surface area contributed by atoms with Gasteiger partial charge in [-0.25, -0.2) is 0 Å². The molecule has 2 aromatic rings. The minimum absolute atomic E-state index is 0.0514. The Bertz CT molecular complexity index is 702. The van der Waals surface area contributed by atoms with Crippen LogP contribution in [0.2, 0.25) is 0 Å². The first-order valence-corrected chi connectivity index (χ1v) is 7.34. The molecule has 0 aliphatic carbocycles. The van der Waals surface area contributed by atoms with E-state index in [0.717, 1.165) is 0 Å². The van der Waals surface area contributed by atoms with Gasteiger partial charge in [0.15, 0.2) is 17.3 Å². The molecular weight excluding hydrogens is 348 g/mol. The summed E-state index contributed by atoms with van der Waals surface area (Å²) in [6.45, 7) is 2.29. The summed E-state index contributed by atoms with van der Waals surface area (Å²) in [5.74, 6) is 0.648. The largest absolute Gasteiger partial charge is 0.503 e. The Hall–Kier alpha value is -2.41. The molecule has 0 bridgehead atoms. The van der Waals surface area contributed by atoms with E-state index in [2.05, 4.69) is 31.1 Å². The number of rotatable bonds is 5. The third kappa shape index (κ3) is 4.05. The Morgan fingerprint density at radius 1 is 1.45 bits per heavy atom. The number of phenolic OH excluding ortho intramolecular Hbond substituents is 1. The van der Waals surface area contributed by atoms with E-state index in [9.17, 15) is 5.11 Å². The molecule has 0 aliphatic rings. The number of pyridine rings is 1. The van der Waals surface area contributed by atoms with Gasteiger partial charge < -0.3 is 15.6 Å². The molecule has 7 heteroatoms. The van der Waals surface area contributed by atoms with Crippen molar-refractivity contribution in [3.05, 3.63) is 52.3 Å². The number of benzene rings is 1. The fraction of sp³-hybridized carbons (Fsp3) is 0.133. The number of aromatic hydroxyl groups is 1. The molecular formula is C15H15BrN4O2. The van der Waals surface area contributed by atoms with Crippen molar-refractivity contribution in [1.29, 1.82) is 0 Å². The normalized spacial score (nSPS) is 11.8. The quantitative estimate of drug-likeness (QED) is 0.485. The van der Waals surface area contributed by atoms with E-state index < -0.39 is 0 Å². The van der Waals surface area contributed by atoms with Crippen LogP contribution in [-0.2, 0) is 0 Å². The average molecular weight is 363 g/mol. The van der Waals surface area contributed by atoms with Crippen LogP contribution in [0.1, 0.15) is 18.2 Å². The third-order valence-corrected chi connectivity index (χ3v) is 3.25. The summed E-state index contributed by atoms with van der Waals surface area (Å²) in [7, 11) is 0. The van der Waals surface area contributed by atoms with E-state index in [-0.39, 0.29) is 11.6 Å². The number of amidine groups is 1. The van der Waals surface area contributed by atoms with Gasteiger partial charge in [0.1, 0.15) is 5.69 Å². The lowest BCUT2D eigenvalue weighted by Crippen LogP contribution is -2.14. The lowest BCUT2D eigenvalue weighted by Gasteiger charge is -2.08. The molecule has 0 fully saturated rings. The van der Waals surface area contributed by atoms with Crippen molar-refractivity contribution in [1.82, 2.24) is 4.98 Å². The van der Waals surface area contributed by atoms with Gasteiger partial charge in [-0.2, -0.15) is 5.10 Å². The predicted molar refractivity (Wildman–Crippen MR) is 89.5 cm³/mol. The Labute approximate surface area is 136 Å². The van der Waals surface area contributed by atoms with Crippen LogP contribution in [-0.4, -0.2) is 28.7 Å². The summed E-state index contributed by atoms with van der Waals surface area (Å²) < 4.78 is 5.86. The van der Waals surface area contributed by atoms with Crippen LogP contribution in [0.3, 0.4) is 0 Å². The van der Waals surface area contributed by atoms with E-state index in [1.165, 1.54) is 6.21 Å². The maximum absolute atomic E-state index is 9.84. The van der Waals surface area contributed by atoms with E-state index >= 15 is 0 Å². The Kier molecular flexibility index (Phi) is 5.48.